The molecule has 1 amide bonds. The number of rotatable bonds is 2. The number of amides is 1. The summed E-state index contributed by atoms with van der Waals surface area (Å²) in [5.74, 6) is -0.870. The van der Waals surface area contributed by atoms with Crippen LogP contribution in [0.4, 0.5) is 4.39 Å². The average Bonchev–Trinajstić information content (AvgIpc) is 2.67. The zero-order valence-corrected chi connectivity index (χ0v) is 12.7. The second-order valence-corrected chi connectivity index (χ2v) is 6.04. The second-order valence-electron chi connectivity index (χ2n) is 5.19. The van der Waals surface area contributed by atoms with Crippen molar-refractivity contribution in [3.63, 3.8) is 0 Å². The molecule has 1 aliphatic carbocycles. The van der Waals surface area contributed by atoms with Crippen molar-refractivity contribution >= 4 is 21.8 Å². The van der Waals surface area contributed by atoms with E-state index in [1.54, 1.807) is 0 Å². The summed E-state index contributed by atoms with van der Waals surface area (Å²) in [6.45, 7) is 0. The molecule has 0 bridgehead atoms. The van der Waals surface area contributed by atoms with Crippen LogP contribution in [0, 0.1) is 17.1 Å². The van der Waals surface area contributed by atoms with Crippen molar-refractivity contribution in [2.75, 3.05) is 0 Å². The van der Waals surface area contributed by atoms with Gasteiger partial charge in [-0.2, -0.15) is 5.26 Å². The molecule has 3 nitrogen and oxygen atoms in total. The summed E-state index contributed by atoms with van der Waals surface area (Å²) in [5.41, 5.74) is -0.594. The first-order chi connectivity index (χ1) is 9.56. The van der Waals surface area contributed by atoms with Crippen LogP contribution in [0.2, 0.25) is 0 Å². The summed E-state index contributed by atoms with van der Waals surface area (Å²) in [6, 6.07) is 6.21. The minimum absolute atomic E-state index is 0.226. The first-order valence-electron chi connectivity index (χ1n) is 6.75. The fourth-order valence-electron chi connectivity index (χ4n) is 2.55. The number of nitrogens with zero attached hydrogens (tertiary/aromatic N) is 1. The van der Waals surface area contributed by atoms with E-state index in [0.29, 0.717) is 17.3 Å². The highest BCUT2D eigenvalue weighted by Gasteiger charge is 2.33. The molecule has 0 unspecified atom stereocenters. The van der Waals surface area contributed by atoms with E-state index in [9.17, 15) is 14.4 Å². The molecule has 0 heterocycles. The molecule has 1 aromatic carbocycles. The topological polar surface area (TPSA) is 52.9 Å². The van der Waals surface area contributed by atoms with Gasteiger partial charge < -0.3 is 5.32 Å². The van der Waals surface area contributed by atoms with Crippen molar-refractivity contribution in [3.8, 4) is 6.07 Å². The predicted molar refractivity (Wildman–Crippen MR) is 77.6 cm³/mol. The van der Waals surface area contributed by atoms with Gasteiger partial charge in [0.1, 0.15) is 11.4 Å². The molecule has 0 spiro atoms. The second kappa shape index (κ2) is 6.36. The fourth-order valence-corrected chi connectivity index (χ4v) is 2.98. The Hall–Kier alpha value is -1.41. The maximum Gasteiger partial charge on any atom is 0.253 e. The maximum atomic E-state index is 13.3. The summed E-state index contributed by atoms with van der Waals surface area (Å²) in [7, 11) is 0. The Morgan fingerprint density at radius 2 is 1.95 bits per heavy atom. The molecule has 0 radical (unpaired) electrons. The van der Waals surface area contributed by atoms with Gasteiger partial charge >= 0.3 is 0 Å². The van der Waals surface area contributed by atoms with Gasteiger partial charge in [-0.3, -0.25) is 4.79 Å². The molecule has 20 heavy (non-hydrogen) atoms. The lowest BCUT2D eigenvalue weighted by atomic mass is 9.91. The monoisotopic (exact) mass is 338 g/mol. The lowest BCUT2D eigenvalue weighted by Gasteiger charge is -2.26. The van der Waals surface area contributed by atoms with E-state index in [4.69, 9.17) is 0 Å². The molecule has 1 aromatic rings. The number of carbonyl (C=O) groups is 1. The van der Waals surface area contributed by atoms with E-state index in [0.717, 1.165) is 25.7 Å². The molecule has 1 fully saturated rings. The molecule has 1 N–H and O–H groups in total. The molecular formula is C15H16BrFN2O. The van der Waals surface area contributed by atoms with Crippen LogP contribution in [-0.4, -0.2) is 11.4 Å². The fraction of sp³-hybridized carbons (Fsp3) is 0.467. The third-order valence-electron chi connectivity index (χ3n) is 3.70. The van der Waals surface area contributed by atoms with E-state index in [-0.39, 0.29) is 5.56 Å². The third-order valence-corrected chi connectivity index (χ3v) is 4.39. The minimum atomic E-state index is -0.820. The van der Waals surface area contributed by atoms with Gasteiger partial charge in [0.15, 0.2) is 0 Å². The Labute approximate surface area is 126 Å². The van der Waals surface area contributed by atoms with Crippen LogP contribution in [0.1, 0.15) is 48.9 Å². The molecule has 5 heteroatoms. The highest BCUT2D eigenvalue weighted by atomic mass is 79.9. The number of halogens is 2. The normalized spacial score (nSPS) is 17.9. The highest BCUT2D eigenvalue weighted by Crippen LogP contribution is 2.27. The van der Waals surface area contributed by atoms with Gasteiger partial charge in [0, 0.05) is 4.47 Å². The first kappa shape index (κ1) is 15.0. The SMILES string of the molecule is N#CC1(NC(=O)c2cc(F)ccc2Br)CCCCCC1. The summed E-state index contributed by atoms with van der Waals surface area (Å²) >= 11 is 3.24. The van der Waals surface area contributed by atoms with Crippen LogP contribution in [0.15, 0.2) is 22.7 Å². The van der Waals surface area contributed by atoms with E-state index in [1.807, 2.05) is 0 Å². The average molecular weight is 339 g/mol. The van der Waals surface area contributed by atoms with Gasteiger partial charge in [0.05, 0.1) is 11.6 Å². The van der Waals surface area contributed by atoms with Gasteiger partial charge in [-0.05, 0) is 47.0 Å². The quantitative estimate of drug-likeness (QED) is 0.830. The number of nitrogens with one attached hydrogen (secondary N) is 1. The molecule has 106 valence electrons. The number of nitriles is 1. The standard InChI is InChI=1S/C15H16BrFN2O/c16-13-6-5-11(17)9-12(13)14(20)19-15(10-18)7-3-1-2-4-8-15/h5-6,9H,1-4,7-8H2,(H,19,20). The number of hydrogen-bond donors (Lipinski definition) is 1. The van der Waals surface area contributed by atoms with Crippen LogP contribution in [0.5, 0.6) is 0 Å². The zero-order valence-electron chi connectivity index (χ0n) is 11.1. The Bertz CT molecular complexity index is 545. The Balaban J connectivity index is 2.21. The van der Waals surface area contributed by atoms with E-state index in [2.05, 4.69) is 27.3 Å². The van der Waals surface area contributed by atoms with Crippen LogP contribution >= 0.6 is 15.9 Å². The van der Waals surface area contributed by atoms with E-state index < -0.39 is 17.3 Å². The number of hydrogen-bond acceptors (Lipinski definition) is 2. The molecule has 0 aliphatic heterocycles. The first-order valence-corrected chi connectivity index (χ1v) is 7.54. The van der Waals surface area contributed by atoms with Crippen molar-refractivity contribution in [2.24, 2.45) is 0 Å². The van der Waals surface area contributed by atoms with Gasteiger partial charge in [-0.15, -0.1) is 0 Å². The van der Waals surface area contributed by atoms with Crippen molar-refractivity contribution < 1.29 is 9.18 Å². The van der Waals surface area contributed by atoms with Crippen molar-refractivity contribution in [2.45, 2.75) is 44.1 Å². The Morgan fingerprint density at radius 3 is 2.55 bits per heavy atom. The molecular weight excluding hydrogens is 323 g/mol. The molecule has 1 saturated carbocycles. The van der Waals surface area contributed by atoms with Crippen LogP contribution in [0.25, 0.3) is 0 Å². The Kier molecular flexibility index (Phi) is 4.77. The van der Waals surface area contributed by atoms with Crippen molar-refractivity contribution in [3.05, 3.63) is 34.1 Å². The van der Waals surface area contributed by atoms with Crippen molar-refractivity contribution in [1.29, 1.82) is 5.26 Å². The summed E-state index contributed by atoms with van der Waals surface area (Å²) < 4.78 is 13.8. The van der Waals surface area contributed by atoms with Gasteiger partial charge in [-0.1, -0.05) is 25.7 Å². The Morgan fingerprint density at radius 1 is 1.30 bits per heavy atom. The molecule has 0 saturated heterocycles. The third kappa shape index (κ3) is 3.37. The summed E-state index contributed by atoms with van der Waals surface area (Å²) in [6.07, 6.45) is 5.34. The predicted octanol–water partition coefficient (Wildman–Crippen LogP) is 3.93. The highest BCUT2D eigenvalue weighted by molar-refractivity contribution is 9.10. The number of carbonyl (C=O) groups excluding carboxylic acids is 1. The molecule has 1 aliphatic rings. The number of benzene rings is 1. The van der Waals surface area contributed by atoms with Crippen LogP contribution in [-0.2, 0) is 0 Å². The van der Waals surface area contributed by atoms with Gasteiger partial charge in [0.2, 0.25) is 0 Å². The van der Waals surface area contributed by atoms with Gasteiger partial charge in [0.25, 0.3) is 5.91 Å². The summed E-state index contributed by atoms with van der Waals surface area (Å²) in [4.78, 5) is 12.3. The van der Waals surface area contributed by atoms with E-state index >= 15 is 0 Å². The van der Waals surface area contributed by atoms with Crippen LogP contribution < -0.4 is 5.32 Å². The smallest absolute Gasteiger partial charge is 0.253 e. The van der Waals surface area contributed by atoms with E-state index in [1.165, 1.54) is 18.2 Å². The molecule has 0 aromatic heterocycles. The largest absolute Gasteiger partial charge is 0.334 e. The lowest BCUT2D eigenvalue weighted by Crippen LogP contribution is -2.47. The lowest BCUT2D eigenvalue weighted by molar-refractivity contribution is 0.0911. The van der Waals surface area contributed by atoms with Crippen LogP contribution in [0.3, 0.4) is 0 Å². The maximum absolute atomic E-state index is 13.3. The van der Waals surface area contributed by atoms with Crippen molar-refractivity contribution in [1.82, 2.24) is 5.32 Å². The molecule has 0 atom stereocenters. The van der Waals surface area contributed by atoms with Gasteiger partial charge in [-0.25, -0.2) is 4.39 Å². The zero-order chi connectivity index (χ0) is 14.6. The summed E-state index contributed by atoms with van der Waals surface area (Å²) in [5, 5.41) is 12.2. The molecule has 2 rings (SSSR count). The minimum Gasteiger partial charge on any atom is -0.334 e.